The maximum Gasteiger partial charge on any atom is 0.407 e. The van der Waals surface area contributed by atoms with Crippen LogP contribution in [0.2, 0.25) is 0 Å². The Kier molecular flexibility index (Phi) is 7.07. The van der Waals surface area contributed by atoms with Crippen LogP contribution in [0.25, 0.3) is 11.3 Å². The van der Waals surface area contributed by atoms with Crippen molar-refractivity contribution in [1.82, 2.24) is 20.2 Å². The van der Waals surface area contributed by atoms with Gasteiger partial charge in [-0.05, 0) is 36.1 Å². The molecule has 0 saturated carbocycles. The second-order valence-electron chi connectivity index (χ2n) is 8.72. The topological polar surface area (TPSA) is 104 Å². The van der Waals surface area contributed by atoms with Gasteiger partial charge in [-0.2, -0.15) is 0 Å². The molecular weight excluding hydrogens is 468 g/mol. The molecule has 0 saturated heterocycles. The van der Waals surface area contributed by atoms with Crippen molar-refractivity contribution < 1.29 is 19.1 Å². The largest absolute Gasteiger partial charge is 0.445 e. The van der Waals surface area contributed by atoms with Crippen molar-refractivity contribution in [3.63, 3.8) is 0 Å². The first-order valence-electron chi connectivity index (χ1n) is 12.1. The molecular formula is C29H26N4O4. The van der Waals surface area contributed by atoms with E-state index in [2.05, 4.69) is 15.3 Å². The van der Waals surface area contributed by atoms with Gasteiger partial charge in [-0.3, -0.25) is 14.5 Å². The summed E-state index contributed by atoms with van der Waals surface area (Å²) in [4.78, 5) is 47.7. The van der Waals surface area contributed by atoms with Crippen LogP contribution in [0.5, 0.6) is 0 Å². The Hall–Kier alpha value is -4.72. The summed E-state index contributed by atoms with van der Waals surface area (Å²) < 4.78 is 5.26. The average molecular weight is 495 g/mol. The van der Waals surface area contributed by atoms with Crippen LogP contribution >= 0.6 is 0 Å². The van der Waals surface area contributed by atoms with E-state index in [9.17, 15) is 14.4 Å². The van der Waals surface area contributed by atoms with E-state index in [0.29, 0.717) is 36.3 Å². The Balaban J connectivity index is 1.28. The monoisotopic (exact) mass is 494 g/mol. The molecule has 0 spiro atoms. The highest BCUT2D eigenvalue weighted by atomic mass is 16.5. The van der Waals surface area contributed by atoms with Crippen LogP contribution in [0.3, 0.4) is 0 Å². The summed E-state index contributed by atoms with van der Waals surface area (Å²) in [5, 5.41) is 2.74. The van der Waals surface area contributed by atoms with E-state index in [1.165, 1.54) is 4.90 Å². The van der Waals surface area contributed by atoms with E-state index < -0.39 is 12.1 Å². The molecule has 0 radical (unpaired) electrons. The number of nitrogens with one attached hydrogen (secondary N) is 2. The summed E-state index contributed by atoms with van der Waals surface area (Å²) in [5.41, 5.74) is 3.41. The molecule has 0 bridgehead atoms. The predicted molar refractivity (Wildman–Crippen MR) is 138 cm³/mol. The number of H-pyrrole nitrogens is 1. The third-order valence-electron chi connectivity index (χ3n) is 6.27. The van der Waals surface area contributed by atoms with Crippen LogP contribution in [0.15, 0.2) is 91.1 Å². The highest BCUT2D eigenvalue weighted by Crippen LogP contribution is 2.33. The molecule has 8 heteroatoms. The molecule has 1 aliphatic rings. The summed E-state index contributed by atoms with van der Waals surface area (Å²) in [6.45, 7) is 0.499. The first-order valence-corrected chi connectivity index (χ1v) is 12.1. The fourth-order valence-corrected chi connectivity index (χ4v) is 4.41. The lowest BCUT2D eigenvalue weighted by Crippen LogP contribution is -2.35. The van der Waals surface area contributed by atoms with Crippen molar-refractivity contribution >= 4 is 17.9 Å². The Morgan fingerprint density at radius 1 is 0.892 bits per heavy atom. The third kappa shape index (κ3) is 5.28. The van der Waals surface area contributed by atoms with Gasteiger partial charge in [0.2, 0.25) is 0 Å². The van der Waals surface area contributed by atoms with Crippen molar-refractivity contribution in [3.8, 4) is 11.3 Å². The summed E-state index contributed by atoms with van der Waals surface area (Å²) in [7, 11) is 0. The first kappa shape index (κ1) is 24.0. The zero-order chi connectivity index (χ0) is 25.6. The number of imide groups is 1. The van der Waals surface area contributed by atoms with Gasteiger partial charge in [-0.15, -0.1) is 0 Å². The normalized spacial score (nSPS) is 13.4. The van der Waals surface area contributed by atoms with Gasteiger partial charge in [0.05, 0.1) is 29.1 Å². The molecule has 8 nitrogen and oxygen atoms in total. The van der Waals surface area contributed by atoms with Gasteiger partial charge in [0.25, 0.3) is 11.8 Å². The minimum absolute atomic E-state index is 0.180. The van der Waals surface area contributed by atoms with Gasteiger partial charge in [0.1, 0.15) is 12.4 Å². The zero-order valence-electron chi connectivity index (χ0n) is 20.1. The predicted octanol–water partition coefficient (Wildman–Crippen LogP) is 5.12. The molecule has 1 aromatic heterocycles. The summed E-state index contributed by atoms with van der Waals surface area (Å²) in [5.74, 6) is -0.183. The van der Waals surface area contributed by atoms with Crippen LogP contribution in [0.1, 0.15) is 51.0 Å². The molecule has 4 aromatic rings. The Morgan fingerprint density at radius 3 is 2.19 bits per heavy atom. The van der Waals surface area contributed by atoms with Crippen LogP contribution in [0.4, 0.5) is 4.79 Å². The number of imidazole rings is 1. The number of fused-ring (bicyclic) bond motifs is 1. The van der Waals surface area contributed by atoms with Gasteiger partial charge in [-0.25, -0.2) is 9.78 Å². The van der Waals surface area contributed by atoms with Crippen molar-refractivity contribution in [1.29, 1.82) is 0 Å². The van der Waals surface area contributed by atoms with Crippen molar-refractivity contribution in [3.05, 3.63) is 114 Å². The van der Waals surface area contributed by atoms with Crippen molar-refractivity contribution in [2.75, 3.05) is 6.54 Å². The van der Waals surface area contributed by atoms with Gasteiger partial charge < -0.3 is 15.0 Å². The maximum atomic E-state index is 13.2. The Labute approximate surface area is 214 Å². The van der Waals surface area contributed by atoms with Crippen LogP contribution in [-0.4, -0.2) is 39.3 Å². The second kappa shape index (κ2) is 10.9. The molecule has 1 aliphatic heterocycles. The number of rotatable bonds is 9. The molecule has 1 atom stereocenters. The first-order chi connectivity index (χ1) is 18.1. The molecule has 3 amide bonds. The van der Waals surface area contributed by atoms with Crippen LogP contribution in [-0.2, 0) is 11.3 Å². The van der Waals surface area contributed by atoms with E-state index in [4.69, 9.17) is 4.74 Å². The average Bonchev–Trinajstić information content (AvgIpc) is 3.53. The number of benzene rings is 3. The molecule has 0 aliphatic carbocycles. The number of ether oxygens (including phenoxy) is 1. The highest BCUT2D eigenvalue weighted by Gasteiger charge is 2.41. The van der Waals surface area contributed by atoms with E-state index in [-0.39, 0.29) is 18.4 Å². The summed E-state index contributed by atoms with van der Waals surface area (Å²) >= 11 is 0. The molecule has 2 N–H and O–H groups in total. The van der Waals surface area contributed by atoms with Crippen molar-refractivity contribution in [2.45, 2.75) is 25.5 Å². The quantitative estimate of drug-likeness (QED) is 0.248. The number of carbonyl (C=O) groups excluding carboxylic acids is 3. The van der Waals surface area contributed by atoms with Crippen LogP contribution in [0, 0.1) is 0 Å². The minimum atomic E-state index is -0.619. The number of aromatic amines is 1. The zero-order valence-corrected chi connectivity index (χ0v) is 20.1. The number of aromatic nitrogens is 2. The number of amides is 3. The number of carbonyl (C=O) groups is 3. The van der Waals surface area contributed by atoms with E-state index in [1.54, 1.807) is 30.5 Å². The van der Waals surface area contributed by atoms with E-state index >= 15 is 0 Å². The molecule has 3 aromatic carbocycles. The Morgan fingerprint density at radius 2 is 1.51 bits per heavy atom. The van der Waals surface area contributed by atoms with E-state index in [0.717, 1.165) is 16.8 Å². The van der Waals surface area contributed by atoms with Crippen LogP contribution < -0.4 is 5.32 Å². The summed E-state index contributed by atoms with van der Waals surface area (Å²) in [6, 6.07) is 25.3. The standard InChI is InChI=1S/C29H26N4O4/c34-27-22-14-7-8-15-23(22)28(35)33(27)25(26-31-18-24(32-26)21-12-5-2-6-13-21)16-9-17-30-29(36)37-19-20-10-3-1-4-11-20/h1-8,10-15,18,25H,9,16-17,19H2,(H,30,36)(H,31,32). The molecule has 186 valence electrons. The minimum Gasteiger partial charge on any atom is -0.445 e. The lowest BCUT2D eigenvalue weighted by Gasteiger charge is -2.24. The fraction of sp³-hybridized carbons (Fsp3) is 0.172. The van der Waals surface area contributed by atoms with Gasteiger partial charge in [0, 0.05) is 6.54 Å². The van der Waals surface area contributed by atoms with Gasteiger partial charge >= 0.3 is 6.09 Å². The molecule has 1 unspecified atom stereocenters. The van der Waals surface area contributed by atoms with Gasteiger partial charge in [0.15, 0.2) is 0 Å². The molecule has 0 fully saturated rings. The number of alkyl carbamates (subject to hydrolysis) is 1. The number of nitrogens with zero attached hydrogens (tertiary/aromatic N) is 2. The Bertz CT molecular complexity index is 1370. The number of hydrogen-bond acceptors (Lipinski definition) is 5. The lowest BCUT2D eigenvalue weighted by molar-refractivity contribution is 0.0564. The van der Waals surface area contributed by atoms with Crippen molar-refractivity contribution in [2.24, 2.45) is 0 Å². The molecule has 37 heavy (non-hydrogen) atoms. The second-order valence-corrected chi connectivity index (χ2v) is 8.72. The third-order valence-corrected chi connectivity index (χ3v) is 6.27. The maximum absolute atomic E-state index is 13.2. The SMILES string of the molecule is O=C(NCCCC(c1ncc(-c2ccccc2)[nH]1)N1C(=O)c2ccccc2C1=O)OCc1ccccc1. The van der Waals surface area contributed by atoms with Gasteiger partial charge in [-0.1, -0.05) is 72.8 Å². The van der Waals surface area contributed by atoms with E-state index in [1.807, 2.05) is 60.7 Å². The summed E-state index contributed by atoms with van der Waals surface area (Å²) in [6.07, 6.45) is 2.09. The number of hydrogen-bond donors (Lipinski definition) is 2. The fourth-order valence-electron chi connectivity index (χ4n) is 4.41. The molecule has 5 rings (SSSR count). The lowest BCUT2D eigenvalue weighted by atomic mass is 10.1. The smallest absolute Gasteiger partial charge is 0.407 e. The molecule has 2 heterocycles. The highest BCUT2D eigenvalue weighted by molar-refractivity contribution is 6.21.